The molecule has 2 aromatic heterocycles. The van der Waals surface area contributed by atoms with Crippen molar-refractivity contribution in [3.63, 3.8) is 0 Å². The van der Waals surface area contributed by atoms with Crippen molar-refractivity contribution in [2.45, 2.75) is 6.42 Å². The number of rotatable bonds is 4. The van der Waals surface area contributed by atoms with Gasteiger partial charge in [0.2, 0.25) is 0 Å². The summed E-state index contributed by atoms with van der Waals surface area (Å²) in [6.45, 7) is 1.32. The SMILES string of the molecule is COC(=O)c1cc(Cc2ccc(-n3cccn3)cc2)c2c(n1)N(C)CCO2. The number of aromatic nitrogens is 3. The molecule has 0 saturated heterocycles. The molecule has 1 aromatic carbocycles. The van der Waals surface area contributed by atoms with Gasteiger partial charge < -0.3 is 14.4 Å². The number of benzene rings is 1. The summed E-state index contributed by atoms with van der Waals surface area (Å²) in [5, 5.41) is 4.24. The van der Waals surface area contributed by atoms with Crippen LogP contribution in [0.3, 0.4) is 0 Å². The van der Waals surface area contributed by atoms with Crippen molar-refractivity contribution in [1.82, 2.24) is 14.8 Å². The van der Waals surface area contributed by atoms with E-state index in [0.29, 0.717) is 18.8 Å². The third-order valence-corrected chi connectivity index (χ3v) is 4.56. The van der Waals surface area contributed by atoms with Gasteiger partial charge in [0.05, 0.1) is 19.3 Å². The van der Waals surface area contributed by atoms with Gasteiger partial charge in [-0.15, -0.1) is 0 Å². The number of esters is 1. The number of fused-ring (bicyclic) bond motifs is 1. The molecule has 0 spiro atoms. The van der Waals surface area contributed by atoms with Crippen LogP contribution in [0.25, 0.3) is 5.69 Å². The number of likely N-dealkylation sites (N-methyl/N-ethyl adjacent to an activating group) is 1. The number of carbonyl (C=O) groups excluding carboxylic acids is 1. The van der Waals surface area contributed by atoms with Crippen molar-refractivity contribution in [2.24, 2.45) is 0 Å². The first-order chi connectivity index (χ1) is 13.2. The molecule has 7 nitrogen and oxygen atoms in total. The van der Waals surface area contributed by atoms with Crippen LogP contribution in [0.1, 0.15) is 21.6 Å². The summed E-state index contributed by atoms with van der Waals surface area (Å²) >= 11 is 0. The molecule has 0 N–H and O–H groups in total. The average molecular weight is 364 g/mol. The first-order valence-electron chi connectivity index (χ1n) is 8.71. The molecule has 0 amide bonds. The fourth-order valence-electron chi connectivity index (χ4n) is 3.13. The largest absolute Gasteiger partial charge is 0.488 e. The molecule has 3 heterocycles. The summed E-state index contributed by atoms with van der Waals surface area (Å²) in [6.07, 6.45) is 4.28. The zero-order chi connectivity index (χ0) is 18.8. The maximum atomic E-state index is 12.0. The van der Waals surface area contributed by atoms with Gasteiger partial charge in [0, 0.05) is 31.4 Å². The summed E-state index contributed by atoms with van der Waals surface area (Å²) in [5.74, 6) is 0.951. The van der Waals surface area contributed by atoms with Gasteiger partial charge in [0.1, 0.15) is 6.61 Å². The van der Waals surface area contributed by atoms with Gasteiger partial charge in [0.25, 0.3) is 0 Å². The molecule has 1 aliphatic rings. The molecule has 0 bridgehead atoms. The van der Waals surface area contributed by atoms with E-state index in [1.54, 1.807) is 12.3 Å². The molecular weight excluding hydrogens is 344 g/mol. The van der Waals surface area contributed by atoms with E-state index in [9.17, 15) is 4.79 Å². The Labute approximate surface area is 157 Å². The lowest BCUT2D eigenvalue weighted by molar-refractivity contribution is 0.0594. The molecule has 0 fully saturated rings. The van der Waals surface area contributed by atoms with E-state index in [0.717, 1.165) is 29.1 Å². The van der Waals surface area contributed by atoms with Crippen molar-refractivity contribution in [3.05, 3.63) is 65.6 Å². The van der Waals surface area contributed by atoms with Crippen LogP contribution in [-0.2, 0) is 11.2 Å². The Morgan fingerprint density at radius 3 is 2.81 bits per heavy atom. The van der Waals surface area contributed by atoms with Gasteiger partial charge in [-0.1, -0.05) is 12.1 Å². The Morgan fingerprint density at radius 1 is 1.30 bits per heavy atom. The van der Waals surface area contributed by atoms with E-state index in [4.69, 9.17) is 9.47 Å². The third kappa shape index (κ3) is 3.36. The van der Waals surface area contributed by atoms with Gasteiger partial charge in [-0.3, -0.25) is 0 Å². The van der Waals surface area contributed by atoms with Crippen LogP contribution in [0, 0.1) is 0 Å². The summed E-state index contributed by atoms with van der Waals surface area (Å²) in [5.41, 5.74) is 3.30. The normalized spacial score (nSPS) is 13.0. The molecule has 3 aromatic rings. The van der Waals surface area contributed by atoms with E-state index in [-0.39, 0.29) is 5.69 Å². The van der Waals surface area contributed by atoms with Crippen molar-refractivity contribution in [1.29, 1.82) is 0 Å². The lowest BCUT2D eigenvalue weighted by Gasteiger charge is -2.28. The lowest BCUT2D eigenvalue weighted by Crippen LogP contribution is -2.31. The number of methoxy groups -OCH3 is 1. The number of pyridine rings is 1. The van der Waals surface area contributed by atoms with Gasteiger partial charge in [-0.2, -0.15) is 5.10 Å². The maximum absolute atomic E-state index is 12.0. The molecule has 0 aliphatic carbocycles. The van der Waals surface area contributed by atoms with Crippen LogP contribution < -0.4 is 9.64 Å². The summed E-state index contributed by atoms with van der Waals surface area (Å²) < 4.78 is 12.5. The molecule has 1 aliphatic heterocycles. The second-order valence-corrected chi connectivity index (χ2v) is 6.37. The molecular formula is C20H20N4O3. The highest BCUT2D eigenvalue weighted by Crippen LogP contribution is 2.34. The van der Waals surface area contributed by atoms with Gasteiger partial charge in [-0.05, 0) is 29.8 Å². The first kappa shape index (κ1) is 17.1. The fraction of sp³-hybridized carbons (Fsp3) is 0.250. The van der Waals surface area contributed by atoms with Crippen LogP contribution in [0.2, 0.25) is 0 Å². The quantitative estimate of drug-likeness (QED) is 0.663. The van der Waals surface area contributed by atoms with Crippen molar-refractivity contribution < 1.29 is 14.3 Å². The third-order valence-electron chi connectivity index (χ3n) is 4.56. The zero-order valence-electron chi connectivity index (χ0n) is 15.3. The van der Waals surface area contributed by atoms with E-state index in [1.807, 2.05) is 53.2 Å². The molecule has 0 saturated carbocycles. The number of nitrogens with zero attached hydrogens (tertiary/aromatic N) is 4. The minimum atomic E-state index is -0.452. The van der Waals surface area contributed by atoms with Gasteiger partial charge in [0.15, 0.2) is 17.3 Å². The van der Waals surface area contributed by atoms with Crippen molar-refractivity contribution >= 4 is 11.8 Å². The Kier molecular flexibility index (Phi) is 4.50. The zero-order valence-corrected chi connectivity index (χ0v) is 15.3. The predicted molar refractivity (Wildman–Crippen MR) is 101 cm³/mol. The average Bonchev–Trinajstić information content (AvgIpc) is 3.23. The Hall–Kier alpha value is -3.35. The Bertz CT molecular complexity index is 952. The van der Waals surface area contributed by atoms with Crippen molar-refractivity contribution in [2.75, 3.05) is 32.2 Å². The molecule has 7 heteroatoms. The second-order valence-electron chi connectivity index (χ2n) is 6.37. The second kappa shape index (κ2) is 7.11. The van der Waals surface area contributed by atoms with E-state index in [2.05, 4.69) is 10.1 Å². The summed E-state index contributed by atoms with van der Waals surface area (Å²) in [4.78, 5) is 18.5. The highest BCUT2D eigenvalue weighted by Gasteiger charge is 2.24. The molecule has 0 unspecified atom stereocenters. The number of carbonyl (C=O) groups is 1. The predicted octanol–water partition coefficient (Wildman–Crippen LogP) is 2.47. The Morgan fingerprint density at radius 2 is 2.11 bits per heavy atom. The number of anilines is 1. The van der Waals surface area contributed by atoms with Crippen molar-refractivity contribution in [3.8, 4) is 11.4 Å². The minimum absolute atomic E-state index is 0.289. The van der Waals surface area contributed by atoms with Crippen LogP contribution in [0.5, 0.6) is 5.75 Å². The fourth-order valence-corrected chi connectivity index (χ4v) is 3.13. The monoisotopic (exact) mass is 364 g/mol. The topological polar surface area (TPSA) is 69.5 Å². The van der Waals surface area contributed by atoms with Crippen LogP contribution in [0.4, 0.5) is 5.82 Å². The highest BCUT2D eigenvalue weighted by molar-refractivity contribution is 5.88. The Balaban J connectivity index is 1.68. The van der Waals surface area contributed by atoms with E-state index < -0.39 is 5.97 Å². The van der Waals surface area contributed by atoms with Crippen LogP contribution >= 0.6 is 0 Å². The number of ether oxygens (including phenoxy) is 2. The van der Waals surface area contributed by atoms with E-state index >= 15 is 0 Å². The standard InChI is InChI=1S/C20H20N4O3/c1-23-10-11-27-18-15(13-17(20(25)26-2)22-19(18)23)12-14-4-6-16(7-5-14)24-9-3-8-21-24/h3-9,13H,10-12H2,1-2H3. The summed E-state index contributed by atoms with van der Waals surface area (Å²) in [7, 11) is 3.30. The lowest BCUT2D eigenvalue weighted by atomic mass is 10.0. The smallest absolute Gasteiger partial charge is 0.356 e. The van der Waals surface area contributed by atoms with E-state index in [1.165, 1.54) is 7.11 Å². The van der Waals surface area contributed by atoms with Gasteiger partial charge >= 0.3 is 5.97 Å². The molecule has 0 radical (unpaired) electrons. The van der Waals surface area contributed by atoms with Crippen LogP contribution in [0.15, 0.2) is 48.8 Å². The maximum Gasteiger partial charge on any atom is 0.356 e. The molecule has 0 atom stereocenters. The number of hydrogen-bond acceptors (Lipinski definition) is 6. The first-order valence-corrected chi connectivity index (χ1v) is 8.71. The summed E-state index contributed by atoms with van der Waals surface area (Å²) in [6, 6.07) is 11.8. The number of hydrogen-bond donors (Lipinski definition) is 0. The minimum Gasteiger partial charge on any atom is -0.488 e. The van der Waals surface area contributed by atoms with Crippen LogP contribution in [-0.4, -0.2) is 48.0 Å². The van der Waals surface area contributed by atoms with Gasteiger partial charge in [-0.25, -0.2) is 14.5 Å². The highest BCUT2D eigenvalue weighted by atomic mass is 16.5. The molecule has 4 rings (SSSR count). The molecule has 138 valence electrons. The molecule has 27 heavy (non-hydrogen) atoms.